The molecule has 1 aliphatic carbocycles. The van der Waals surface area contributed by atoms with Crippen LogP contribution in [-0.4, -0.2) is 36.9 Å². The van der Waals surface area contributed by atoms with Gasteiger partial charge < -0.3 is 15.2 Å². The molecule has 1 aromatic rings. The van der Waals surface area contributed by atoms with Gasteiger partial charge in [-0.25, -0.2) is 4.79 Å². The van der Waals surface area contributed by atoms with E-state index in [0.29, 0.717) is 23.3 Å². The predicted octanol–water partition coefficient (Wildman–Crippen LogP) is 2.52. The first-order valence-corrected chi connectivity index (χ1v) is 9.60. The van der Waals surface area contributed by atoms with Crippen molar-refractivity contribution in [2.45, 2.75) is 25.2 Å². The highest BCUT2D eigenvalue weighted by molar-refractivity contribution is 8.06. The van der Waals surface area contributed by atoms with Crippen LogP contribution in [0.5, 0.6) is 5.75 Å². The molecular formula is C19H20N2O6S. The number of allylic oxidation sites excluding steroid dienone is 2. The number of Topliss-reactive ketones (excluding diaryl/α,β-unsaturated/α-hetero) is 1. The molecule has 28 heavy (non-hydrogen) atoms. The van der Waals surface area contributed by atoms with Gasteiger partial charge in [0.1, 0.15) is 5.75 Å². The molecule has 0 amide bonds. The van der Waals surface area contributed by atoms with Crippen molar-refractivity contribution in [1.82, 2.24) is 0 Å². The van der Waals surface area contributed by atoms with E-state index in [0.717, 1.165) is 17.7 Å². The molecule has 0 saturated carbocycles. The van der Waals surface area contributed by atoms with Gasteiger partial charge in [-0.05, 0) is 35.4 Å². The Labute approximate surface area is 165 Å². The molecule has 9 heteroatoms. The summed E-state index contributed by atoms with van der Waals surface area (Å²) in [6, 6.07) is 7.09. The molecule has 0 bridgehead atoms. The smallest absolute Gasteiger partial charge is 0.337 e. The number of nitrogens with zero attached hydrogens (tertiary/aromatic N) is 1. The average molecular weight is 404 g/mol. The van der Waals surface area contributed by atoms with E-state index < -0.39 is 23.4 Å². The van der Waals surface area contributed by atoms with E-state index in [4.69, 9.17) is 15.2 Å². The highest BCUT2D eigenvalue weighted by Gasteiger charge is 2.40. The third-order valence-corrected chi connectivity index (χ3v) is 5.75. The number of esters is 1. The Morgan fingerprint density at radius 3 is 2.89 bits per heavy atom. The highest BCUT2D eigenvalue weighted by Crippen LogP contribution is 2.49. The average Bonchev–Trinajstić information content (AvgIpc) is 2.66. The van der Waals surface area contributed by atoms with Gasteiger partial charge in [0, 0.05) is 22.8 Å². The summed E-state index contributed by atoms with van der Waals surface area (Å²) in [5.74, 6) is -0.864. The molecule has 0 unspecified atom stereocenters. The minimum Gasteiger partial charge on any atom is -0.497 e. The van der Waals surface area contributed by atoms with Crippen molar-refractivity contribution in [3.05, 3.63) is 61.0 Å². The molecule has 2 N–H and O–H groups in total. The number of rotatable bonds is 6. The molecule has 0 radical (unpaired) electrons. The summed E-state index contributed by atoms with van der Waals surface area (Å²) in [5.41, 5.74) is 7.58. The number of methoxy groups -OCH3 is 1. The first kappa shape index (κ1) is 19.9. The molecule has 3 rings (SSSR count). The first-order chi connectivity index (χ1) is 13.4. The molecular weight excluding hydrogens is 384 g/mol. The van der Waals surface area contributed by atoms with Crippen molar-refractivity contribution >= 4 is 23.5 Å². The van der Waals surface area contributed by atoms with Gasteiger partial charge in [-0.3, -0.25) is 14.9 Å². The van der Waals surface area contributed by atoms with E-state index in [1.807, 2.05) is 0 Å². The minimum absolute atomic E-state index is 0.0235. The zero-order chi connectivity index (χ0) is 20.3. The zero-order valence-electron chi connectivity index (χ0n) is 15.3. The number of benzene rings is 1. The Kier molecular flexibility index (Phi) is 6.03. The summed E-state index contributed by atoms with van der Waals surface area (Å²) >= 11 is 1.21. The van der Waals surface area contributed by atoms with E-state index in [1.165, 1.54) is 18.9 Å². The van der Waals surface area contributed by atoms with Crippen molar-refractivity contribution in [3.8, 4) is 5.75 Å². The highest BCUT2D eigenvalue weighted by atomic mass is 32.2. The first-order valence-electron chi connectivity index (χ1n) is 8.79. The Morgan fingerprint density at radius 2 is 2.18 bits per heavy atom. The molecule has 1 aromatic carbocycles. The predicted molar refractivity (Wildman–Crippen MR) is 103 cm³/mol. The lowest BCUT2D eigenvalue weighted by Gasteiger charge is -2.32. The monoisotopic (exact) mass is 404 g/mol. The Hall–Kier alpha value is -2.81. The van der Waals surface area contributed by atoms with Crippen LogP contribution in [0.25, 0.3) is 0 Å². The molecule has 148 valence electrons. The van der Waals surface area contributed by atoms with Crippen molar-refractivity contribution < 1.29 is 24.0 Å². The number of nitro groups is 1. The van der Waals surface area contributed by atoms with Gasteiger partial charge in [0.15, 0.2) is 12.4 Å². The fraction of sp³-hybridized carbons (Fsp3) is 0.368. The number of hydrogen-bond donors (Lipinski definition) is 1. The van der Waals surface area contributed by atoms with Gasteiger partial charge in [0.25, 0.3) is 0 Å². The SMILES string of the molecule is COc1cccc([C@@H]2C(C(=O)OCC[N+](=O)[O-])=C(N)SC3=C2C(=O)CCC3)c1. The lowest BCUT2D eigenvalue weighted by Crippen LogP contribution is -2.29. The van der Waals surface area contributed by atoms with Crippen molar-refractivity contribution in [1.29, 1.82) is 0 Å². The summed E-state index contributed by atoms with van der Waals surface area (Å²) < 4.78 is 10.4. The van der Waals surface area contributed by atoms with Crippen molar-refractivity contribution in [2.24, 2.45) is 5.73 Å². The number of carbonyl (C=O) groups is 2. The van der Waals surface area contributed by atoms with Crippen LogP contribution < -0.4 is 10.5 Å². The molecule has 1 atom stereocenters. The van der Waals surface area contributed by atoms with Crippen molar-refractivity contribution in [3.63, 3.8) is 0 Å². The fourth-order valence-electron chi connectivity index (χ4n) is 3.40. The summed E-state index contributed by atoms with van der Waals surface area (Å²) in [5, 5.41) is 10.8. The molecule has 0 aromatic heterocycles. The van der Waals surface area contributed by atoms with Gasteiger partial charge in [0.2, 0.25) is 6.54 Å². The number of ketones is 1. The molecule has 0 saturated heterocycles. The van der Waals surface area contributed by atoms with Crippen LogP contribution in [0.3, 0.4) is 0 Å². The Balaban J connectivity index is 2.03. The van der Waals surface area contributed by atoms with Crippen LogP contribution in [0, 0.1) is 10.1 Å². The van der Waals surface area contributed by atoms with Gasteiger partial charge in [-0.15, -0.1) is 0 Å². The number of nitrogens with two attached hydrogens (primary N) is 1. The van der Waals surface area contributed by atoms with Crippen LogP contribution in [0.1, 0.15) is 30.7 Å². The van der Waals surface area contributed by atoms with Crippen LogP contribution in [0.2, 0.25) is 0 Å². The summed E-state index contributed by atoms with van der Waals surface area (Å²) in [7, 11) is 1.53. The Morgan fingerprint density at radius 1 is 1.39 bits per heavy atom. The van der Waals surface area contributed by atoms with Gasteiger partial charge in [-0.1, -0.05) is 23.9 Å². The maximum atomic E-state index is 12.7. The van der Waals surface area contributed by atoms with E-state index in [1.54, 1.807) is 24.3 Å². The normalized spacial score (nSPS) is 19.3. The molecule has 1 aliphatic heterocycles. The lowest BCUT2D eigenvalue weighted by atomic mass is 9.79. The summed E-state index contributed by atoms with van der Waals surface area (Å²) in [4.78, 5) is 36.3. The van der Waals surface area contributed by atoms with E-state index in [2.05, 4.69) is 0 Å². The maximum absolute atomic E-state index is 12.7. The fourth-order valence-corrected chi connectivity index (χ4v) is 4.56. The molecule has 1 heterocycles. The molecule has 0 spiro atoms. The summed E-state index contributed by atoms with van der Waals surface area (Å²) in [6.07, 6.45) is 1.87. The van der Waals surface area contributed by atoms with Crippen molar-refractivity contribution in [2.75, 3.05) is 20.3 Å². The van der Waals surface area contributed by atoms with Crippen LogP contribution in [0.4, 0.5) is 0 Å². The standard InChI is InChI=1S/C19H20N2O6S/c1-26-12-5-2-4-11(10-12)15-16-13(22)6-3-7-14(16)28-18(20)17(15)19(23)27-9-8-21(24)25/h2,4-5,10,15H,3,6-9,20H2,1H3/t15-/m0/s1. The number of thioether (sulfide) groups is 1. The minimum atomic E-state index is -0.746. The largest absolute Gasteiger partial charge is 0.497 e. The number of ether oxygens (including phenoxy) is 2. The quantitative estimate of drug-likeness (QED) is 0.436. The van der Waals surface area contributed by atoms with Crippen LogP contribution >= 0.6 is 11.8 Å². The van der Waals surface area contributed by atoms with Crippen LogP contribution in [-0.2, 0) is 14.3 Å². The number of hydrogen-bond acceptors (Lipinski definition) is 8. The topological polar surface area (TPSA) is 122 Å². The molecule has 8 nitrogen and oxygen atoms in total. The summed E-state index contributed by atoms with van der Waals surface area (Å²) in [6.45, 7) is -0.860. The second-order valence-electron chi connectivity index (χ2n) is 6.40. The lowest BCUT2D eigenvalue weighted by molar-refractivity contribution is -0.482. The second kappa shape index (κ2) is 8.47. The molecule has 2 aliphatic rings. The van der Waals surface area contributed by atoms with Gasteiger partial charge >= 0.3 is 5.97 Å². The third kappa shape index (κ3) is 4.04. The van der Waals surface area contributed by atoms with E-state index in [9.17, 15) is 19.7 Å². The Bertz CT molecular complexity index is 892. The third-order valence-electron chi connectivity index (χ3n) is 4.64. The molecule has 0 fully saturated rings. The van der Waals surface area contributed by atoms with Gasteiger partial charge in [0.05, 0.1) is 17.7 Å². The second-order valence-corrected chi connectivity index (χ2v) is 7.53. The van der Waals surface area contributed by atoms with Crippen LogP contribution in [0.15, 0.2) is 45.3 Å². The number of carbonyl (C=O) groups excluding carboxylic acids is 2. The van der Waals surface area contributed by atoms with E-state index in [-0.39, 0.29) is 23.0 Å². The van der Waals surface area contributed by atoms with Gasteiger partial charge in [-0.2, -0.15) is 0 Å². The maximum Gasteiger partial charge on any atom is 0.337 e. The van der Waals surface area contributed by atoms with E-state index >= 15 is 0 Å². The zero-order valence-corrected chi connectivity index (χ0v) is 16.1.